The molecule has 1 N–H and O–H groups in total. The standard InChI is InChI=1S/C8H18O.Ba.2H/c1-4-8(6-9)5-7(2)3;;;/h7-9H,4-6H2,1-3H3;;;. The van der Waals surface area contributed by atoms with Crippen molar-refractivity contribution in [3.8, 4) is 0 Å². The predicted molar refractivity (Wildman–Crippen MR) is 48.9 cm³/mol. The van der Waals surface area contributed by atoms with Gasteiger partial charge in [0, 0.05) is 6.61 Å². The molecule has 0 spiro atoms. The number of rotatable bonds is 4. The number of hydrogen-bond donors (Lipinski definition) is 1. The van der Waals surface area contributed by atoms with Gasteiger partial charge < -0.3 is 5.11 Å². The fourth-order valence-corrected chi connectivity index (χ4v) is 1.04. The Balaban J connectivity index is 0. The van der Waals surface area contributed by atoms with E-state index in [1.807, 2.05) is 0 Å². The molecule has 1 nitrogen and oxygen atoms in total. The second-order valence-electron chi connectivity index (χ2n) is 3.09. The van der Waals surface area contributed by atoms with Gasteiger partial charge in [-0.1, -0.05) is 27.2 Å². The Morgan fingerprint density at radius 1 is 1.30 bits per heavy atom. The Morgan fingerprint density at radius 2 is 1.80 bits per heavy atom. The van der Waals surface area contributed by atoms with Gasteiger partial charge in [0.15, 0.2) is 0 Å². The molecule has 0 aromatic rings. The number of aliphatic hydroxyl groups is 1. The van der Waals surface area contributed by atoms with Crippen LogP contribution in [0.15, 0.2) is 0 Å². The van der Waals surface area contributed by atoms with E-state index in [4.69, 9.17) is 5.11 Å². The molecular formula is C8H20BaO. The molecule has 0 aliphatic carbocycles. The molecule has 0 bridgehead atoms. The van der Waals surface area contributed by atoms with Crippen molar-refractivity contribution in [2.45, 2.75) is 33.6 Å². The third-order valence-electron chi connectivity index (χ3n) is 1.64. The molecule has 0 aliphatic heterocycles. The van der Waals surface area contributed by atoms with Crippen LogP contribution in [0.5, 0.6) is 0 Å². The normalized spacial score (nSPS) is 12.9. The van der Waals surface area contributed by atoms with Gasteiger partial charge in [-0.2, -0.15) is 0 Å². The summed E-state index contributed by atoms with van der Waals surface area (Å²) in [4.78, 5) is 0. The first-order valence-corrected chi connectivity index (χ1v) is 3.81. The van der Waals surface area contributed by atoms with Gasteiger partial charge in [-0.3, -0.25) is 0 Å². The van der Waals surface area contributed by atoms with Crippen LogP contribution in [0.3, 0.4) is 0 Å². The summed E-state index contributed by atoms with van der Waals surface area (Å²) in [6, 6.07) is 0. The molecule has 0 radical (unpaired) electrons. The van der Waals surface area contributed by atoms with Crippen LogP contribution in [0.4, 0.5) is 0 Å². The first kappa shape index (κ1) is 14.1. The molecule has 60 valence electrons. The average Bonchev–Trinajstić information content (AvgIpc) is 1.82. The molecular weight excluding hydrogens is 249 g/mol. The molecule has 0 saturated carbocycles. The van der Waals surface area contributed by atoms with Crippen LogP contribution in [-0.2, 0) is 0 Å². The van der Waals surface area contributed by atoms with Crippen molar-refractivity contribution in [1.29, 1.82) is 0 Å². The Bertz CT molecular complexity index is 60.3. The second kappa shape index (κ2) is 8.63. The zero-order valence-electron chi connectivity index (χ0n) is 6.72. The van der Waals surface area contributed by atoms with E-state index < -0.39 is 0 Å². The molecule has 1 atom stereocenters. The van der Waals surface area contributed by atoms with Gasteiger partial charge in [0.1, 0.15) is 0 Å². The van der Waals surface area contributed by atoms with Crippen LogP contribution in [0, 0.1) is 11.8 Å². The third-order valence-corrected chi connectivity index (χ3v) is 1.64. The summed E-state index contributed by atoms with van der Waals surface area (Å²) in [5.41, 5.74) is 0. The van der Waals surface area contributed by atoms with Gasteiger partial charge in [0.2, 0.25) is 0 Å². The summed E-state index contributed by atoms with van der Waals surface area (Å²) in [6.45, 7) is 6.87. The summed E-state index contributed by atoms with van der Waals surface area (Å²) in [5.74, 6) is 1.26. The summed E-state index contributed by atoms with van der Waals surface area (Å²) in [5, 5.41) is 8.77. The van der Waals surface area contributed by atoms with E-state index in [1.165, 1.54) is 0 Å². The van der Waals surface area contributed by atoms with Crippen LogP contribution in [-0.4, -0.2) is 60.6 Å². The van der Waals surface area contributed by atoms with E-state index in [1.54, 1.807) is 0 Å². The summed E-state index contributed by atoms with van der Waals surface area (Å²) in [6.07, 6.45) is 2.27. The SMILES string of the molecule is CCC(CO)CC(C)C.[BaH2]. The van der Waals surface area contributed by atoms with E-state index in [9.17, 15) is 0 Å². The first-order chi connectivity index (χ1) is 4.20. The van der Waals surface area contributed by atoms with Crippen molar-refractivity contribution in [2.24, 2.45) is 11.8 Å². The summed E-state index contributed by atoms with van der Waals surface area (Å²) < 4.78 is 0. The predicted octanol–water partition coefficient (Wildman–Crippen LogP) is 1.13. The van der Waals surface area contributed by atoms with Gasteiger partial charge >= 0.3 is 48.9 Å². The van der Waals surface area contributed by atoms with Crippen molar-refractivity contribution in [3.63, 3.8) is 0 Å². The molecule has 0 rings (SSSR count). The third kappa shape index (κ3) is 7.64. The quantitative estimate of drug-likeness (QED) is 0.759. The number of aliphatic hydroxyl groups excluding tert-OH is 1. The van der Waals surface area contributed by atoms with Gasteiger partial charge in [0.05, 0.1) is 0 Å². The van der Waals surface area contributed by atoms with Crippen molar-refractivity contribution in [1.82, 2.24) is 0 Å². The van der Waals surface area contributed by atoms with E-state index in [2.05, 4.69) is 20.8 Å². The molecule has 2 heteroatoms. The molecule has 0 aromatic carbocycles. The topological polar surface area (TPSA) is 20.2 Å². The number of hydrogen-bond acceptors (Lipinski definition) is 1. The van der Waals surface area contributed by atoms with E-state index >= 15 is 0 Å². The van der Waals surface area contributed by atoms with Crippen LogP contribution in [0.2, 0.25) is 0 Å². The van der Waals surface area contributed by atoms with Gasteiger partial charge in [-0.25, -0.2) is 0 Å². The Labute approximate surface area is 105 Å². The molecule has 10 heavy (non-hydrogen) atoms. The fourth-order valence-electron chi connectivity index (χ4n) is 1.04. The van der Waals surface area contributed by atoms with Crippen LogP contribution < -0.4 is 0 Å². The molecule has 0 amide bonds. The van der Waals surface area contributed by atoms with Crippen LogP contribution in [0.25, 0.3) is 0 Å². The average molecular weight is 270 g/mol. The van der Waals surface area contributed by atoms with Crippen LogP contribution in [0.1, 0.15) is 33.6 Å². The van der Waals surface area contributed by atoms with Crippen LogP contribution >= 0.6 is 0 Å². The van der Waals surface area contributed by atoms with E-state index in [-0.39, 0.29) is 48.9 Å². The first-order valence-electron chi connectivity index (χ1n) is 3.81. The van der Waals surface area contributed by atoms with E-state index in [0.29, 0.717) is 12.5 Å². The molecule has 0 heterocycles. The van der Waals surface area contributed by atoms with Gasteiger partial charge in [-0.05, 0) is 18.3 Å². The summed E-state index contributed by atoms with van der Waals surface area (Å²) in [7, 11) is 0. The maximum absolute atomic E-state index is 8.77. The minimum atomic E-state index is 0. The monoisotopic (exact) mass is 270 g/mol. The fraction of sp³-hybridized carbons (Fsp3) is 1.00. The van der Waals surface area contributed by atoms with Gasteiger partial charge in [-0.15, -0.1) is 0 Å². The minimum absolute atomic E-state index is 0. The molecule has 0 fully saturated rings. The van der Waals surface area contributed by atoms with E-state index in [0.717, 1.165) is 18.8 Å². The Morgan fingerprint density at radius 3 is 1.90 bits per heavy atom. The molecule has 0 saturated heterocycles. The van der Waals surface area contributed by atoms with Gasteiger partial charge in [0.25, 0.3) is 0 Å². The molecule has 1 unspecified atom stereocenters. The maximum atomic E-state index is 8.77. The van der Waals surface area contributed by atoms with Crippen molar-refractivity contribution in [2.75, 3.05) is 6.61 Å². The van der Waals surface area contributed by atoms with Crippen molar-refractivity contribution >= 4 is 48.9 Å². The van der Waals surface area contributed by atoms with Crippen molar-refractivity contribution < 1.29 is 5.11 Å². The molecule has 0 aliphatic rings. The Kier molecular flexibility index (Phi) is 12.1. The Hall–Kier alpha value is 1.53. The zero-order chi connectivity index (χ0) is 7.28. The summed E-state index contributed by atoms with van der Waals surface area (Å²) >= 11 is 0. The molecule has 0 aromatic heterocycles. The zero-order valence-corrected chi connectivity index (χ0v) is 6.72. The second-order valence-corrected chi connectivity index (χ2v) is 3.09. The van der Waals surface area contributed by atoms with Crippen molar-refractivity contribution in [3.05, 3.63) is 0 Å².